The summed E-state index contributed by atoms with van der Waals surface area (Å²) in [7, 11) is 0. The predicted octanol–water partition coefficient (Wildman–Crippen LogP) is 3.27. The molecule has 2 rings (SSSR count). The summed E-state index contributed by atoms with van der Waals surface area (Å²) in [5.41, 5.74) is 1.80. The van der Waals surface area contributed by atoms with Crippen LogP contribution in [-0.4, -0.2) is 16.3 Å². The van der Waals surface area contributed by atoms with Gasteiger partial charge in [0.1, 0.15) is 5.82 Å². The van der Waals surface area contributed by atoms with E-state index in [1.54, 1.807) is 10.7 Å². The molecule has 5 heteroatoms. The van der Waals surface area contributed by atoms with Gasteiger partial charge in [0.05, 0.1) is 11.4 Å². The molecule has 1 aromatic carbocycles. The Balaban J connectivity index is 2.13. The lowest BCUT2D eigenvalue weighted by atomic mass is 10.3. The van der Waals surface area contributed by atoms with Gasteiger partial charge >= 0.3 is 0 Å². The first-order valence-electron chi connectivity index (χ1n) is 5.91. The Hall–Kier alpha value is -1.20. The van der Waals surface area contributed by atoms with Crippen molar-refractivity contribution in [2.45, 2.75) is 19.9 Å². The second-order valence-corrected chi connectivity index (χ2v) is 4.88. The fourth-order valence-electron chi connectivity index (χ4n) is 1.65. The Labute approximate surface area is 114 Å². The van der Waals surface area contributed by atoms with Crippen molar-refractivity contribution in [1.29, 1.82) is 0 Å². The first kappa shape index (κ1) is 13.2. The third kappa shape index (κ3) is 3.17. The fourth-order valence-corrected chi connectivity index (χ4v) is 2.18. The Morgan fingerprint density at radius 2 is 2.22 bits per heavy atom. The zero-order valence-electron chi connectivity index (χ0n) is 10.2. The van der Waals surface area contributed by atoms with Gasteiger partial charge in [-0.1, -0.05) is 6.92 Å². The van der Waals surface area contributed by atoms with Crippen molar-refractivity contribution in [2.24, 2.45) is 0 Å². The molecule has 0 aliphatic carbocycles. The van der Waals surface area contributed by atoms with Crippen LogP contribution in [0.25, 0.3) is 5.69 Å². The second kappa shape index (κ2) is 6.11. The molecule has 1 aromatic heterocycles. The van der Waals surface area contributed by atoms with Crippen LogP contribution in [0.3, 0.4) is 0 Å². The van der Waals surface area contributed by atoms with E-state index >= 15 is 0 Å². The van der Waals surface area contributed by atoms with Gasteiger partial charge in [0.2, 0.25) is 0 Å². The zero-order valence-corrected chi connectivity index (χ0v) is 11.7. The van der Waals surface area contributed by atoms with Crippen LogP contribution in [0.2, 0.25) is 0 Å². The summed E-state index contributed by atoms with van der Waals surface area (Å²) in [6.07, 6.45) is 2.98. The van der Waals surface area contributed by atoms with Gasteiger partial charge in [0.15, 0.2) is 0 Å². The van der Waals surface area contributed by atoms with E-state index in [0.29, 0.717) is 4.47 Å². The largest absolute Gasteiger partial charge is 0.311 e. The molecule has 0 aliphatic heterocycles. The third-order valence-electron chi connectivity index (χ3n) is 2.53. The highest BCUT2D eigenvalue weighted by molar-refractivity contribution is 9.10. The van der Waals surface area contributed by atoms with Crippen molar-refractivity contribution in [3.05, 3.63) is 46.4 Å². The molecule has 2 aromatic rings. The molecule has 0 saturated carbocycles. The SMILES string of the molecule is CCCNCc1ccn(-c2ccc(F)cc2Br)n1. The number of hydrogen-bond acceptors (Lipinski definition) is 2. The molecule has 0 bridgehead atoms. The minimum atomic E-state index is -0.261. The normalized spacial score (nSPS) is 10.8. The molecule has 0 amide bonds. The minimum absolute atomic E-state index is 0.261. The van der Waals surface area contributed by atoms with E-state index in [1.807, 2.05) is 12.3 Å². The summed E-state index contributed by atoms with van der Waals surface area (Å²) in [5.74, 6) is -0.261. The zero-order chi connectivity index (χ0) is 13.0. The summed E-state index contributed by atoms with van der Waals surface area (Å²) in [6, 6.07) is 6.52. The molecule has 1 heterocycles. The lowest BCUT2D eigenvalue weighted by molar-refractivity contribution is 0.625. The third-order valence-corrected chi connectivity index (χ3v) is 3.17. The van der Waals surface area contributed by atoms with E-state index in [1.165, 1.54) is 12.1 Å². The van der Waals surface area contributed by atoms with Gasteiger partial charge in [0.25, 0.3) is 0 Å². The monoisotopic (exact) mass is 311 g/mol. The Morgan fingerprint density at radius 3 is 2.94 bits per heavy atom. The van der Waals surface area contributed by atoms with Gasteiger partial charge in [-0.2, -0.15) is 5.10 Å². The predicted molar refractivity (Wildman–Crippen MR) is 73.2 cm³/mol. The van der Waals surface area contributed by atoms with Gasteiger partial charge in [0, 0.05) is 17.2 Å². The van der Waals surface area contributed by atoms with Crippen LogP contribution < -0.4 is 5.32 Å². The Kier molecular flexibility index (Phi) is 4.49. The number of nitrogens with zero attached hydrogens (tertiary/aromatic N) is 2. The topological polar surface area (TPSA) is 29.9 Å². The molecule has 18 heavy (non-hydrogen) atoms. The van der Waals surface area contributed by atoms with Crippen molar-refractivity contribution >= 4 is 15.9 Å². The summed E-state index contributed by atoms with van der Waals surface area (Å²) in [6.45, 7) is 3.86. The molecule has 0 radical (unpaired) electrons. The summed E-state index contributed by atoms with van der Waals surface area (Å²) in [4.78, 5) is 0. The number of hydrogen-bond donors (Lipinski definition) is 1. The standard InChI is InChI=1S/C13H15BrFN3/c1-2-6-16-9-11-5-7-18(17-11)13-4-3-10(15)8-12(13)14/h3-5,7-8,16H,2,6,9H2,1H3. The lowest BCUT2D eigenvalue weighted by Gasteiger charge is -2.04. The molecule has 1 N–H and O–H groups in total. The van der Waals surface area contributed by atoms with E-state index < -0.39 is 0 Å². The quantitative estimate of drug-likeness (QED) is 0.859. The first-order chi connectivity index (χ1) is 8.70. The summed E-state index contributed by atoms with van der Waals surface area (Å²) in [5, 5.41) is 7.74. The van der Waals surface area contributed by atoms with Gasteiger partial charge in [-0.3, -0.25) is 0 Å². The number of aromatic nitrogens is 2. The lowest BCUT2D eigenvalue weighted by Crippen LogP contribution is -2.14. The highest BCUT2D eigenvalue weighted by Crippen LogP contribution is 2.21. The van der Waals surface area contributed by atoms with Crippen LogP contribution in [0.15, 0.2) is 34.9 Å². The fraction of sp³-hybridized carbons (Fsp3) is 0.308. The van der Waals surface area contributed by atoms with Crippen LogP contribution in [0.5, 0.6) is 0 Å². The smallest absolute Gasteiger partial charge is 0.124 e. The molecule has 3 nitrogen and oxygen atoms in total. The maximum atomic E-state index is 13.0. The average molecular weight is 312 g/mol. The van der Waals surface area contributed by atoms with Crippen LogP contribution in [0.1, 0.15) is 19.0 Å². The molecular formula is C13H15BrFN3. The average Bonchev–Trinajstić information content (AvgIpc) is 2.78. The van der Waals surface area contributed by atoms with E-state index in [2.05, 4.69) is 33.3 Å². The second-order valence-electron chi connectivity index (χ2n) is 4.02. The molecular weight excluding hydrogens is 297 g/mol. The molecule has 0 unspecified atom stereocenters. The number of nitrogens with one attached hydrogen (secondary N) is 1. The number of rotatable bonds is 5. The first-order valence-corrected chi connectivity index (χ1v) is 6.70. The summed E-state index contributed by atoms with van der Waals surface area (Å²) < 4.78 is 15.4. The van der Waals surface area contributed by atoms with E-state index in [4.69, 9.17) is 0 Å². The minimum Gasteiger partial charge on any atom is -0.311 e. The van der Waals surface area contributed by atoms with E-state index in [-0.39, 0.29) is 5.82 Å². The van der Waals surface area contributed by atoms with Gasteiger partial charge < -0.3 is 5.32 Å². The van der Waals surface area contributed by atoms with Gasteiger partial charge in [-0.15, -0.1) is 0 Å². The van der Waals surface area contributed by atoms with Crippen LogP contribution in [0, 0.1) is 5.82 Å². The number of benzene rings is 1. The van der Waals surface area contributed by atoms with Crippen LogP contribution >= 0.6 is 15.9 Å². The number of halogens is 2. The molecule has 0 spiro atoms. The molecule has 0 atom stereocenters. The highest BCUT2D eigenvalue weighted by atomic mass is 79.9. The highest BCUT2D eigenvalue weighted by Gasteiger charge is 2.05. The van der Waals surface area contributed by atoms with Crippen molar-refractivity contribution in [1.82, 2.24) is 15.1 Å². The van der Waals surface area contributed by atoms with E-state index in [9.17, 15) is 4.39 Å². The molecule has 0 fully saturated rings. The maximum Gasteiger partial charge on any atom is 0.124 e. The molecule has 96 valence electrons. The van der Waals surface area contributed by atoms with E-state index in [0.717, 1.165) is 30.9 Å². The van der Waals surface area contributed by atoms with Crippen LogP contribution in [-0.2, 0) is 6.54 Å². The van der Waals surface area contributed by atoms with Crippen molar-refractivity contribution < 1.29 is 4.39 Å². The van der Waals surface area contributed by atoms with Crippen molar-refractivity contribution in [3.63, 3.8) is 0 Å². The van der Waals surface area contributed by atoms with Gasteiger partial charge in [-0.05, 0) is 53.2 Å². The summed E-state index contributed by atoms with van der Waals surface area (Å²) >= 11 is 3.34. The van der Waals surface area contributed by atoms with Crippen molar-refractivity contribution in [3.8, 4) is 5.69 Å². The van der Waals surface area contributed by atoms with Gasteiger partial charge in [-0.25, -0.2) is 9.07 Å². The van der Waals surface area contributed by atoms with Crippen LogP contribution in [0.4, 0.5) is 4.39 Å². The molecule has 0 saturated heterocycles. The molecule has 0 aliphatic rings. The Bertz CT molecular complexity index is 525. The Morgan fingerprint density at radius 1 is 1.39 bits per heavy atom. The van der Waals surface area contributed by atoms with Crippen molar-refractivity contribution in [2.75, 3.05) is 6.54 Å². The maximum absolute atomic E-state index is 13.0.